The van der Waals surface area contributed by atoms with Crippen molar-refractivity contribution < 1.29 is 5.11 Å². The Morgan fingerprint density at radius 3 is 2.67 bits per heavy atom. The number of nitrogens with two attached hydrogens (primary N) is 1. The molecule has 4 N–H and O–H groups in total. The molecule has 18 heavy (non-hydrogen) atoms. The number of aromatic nitrogens is 2. The SMILES string of the molecule is CC(C)(CO)Nc1snc(N)c1-c1ccncc1. The van der Waals surface area contributed by atoms with Gasteiger partial charge >= 0.3 is 0 Å². The van der Waals surface area contributed by atoms with Crippen LogP contribution < -0.4 is 11.1 Å². The van der Waals surface area contributed by atoms with Gasteiger partial charge in [-0.15, -0.1) is 0 Å². The molecule has 6 heteroatoms. The fourth-order valence-electron chi connectivity index (χ4n) is 1.53. The number of pyridine rings is 1. The van der Waals surface area contributed by atoms with Crippen molar-refractivity contribution in [1.82, 2.24) is 9.36 Å². The minimum Gasteiger partial charge on any atom is -0.394 e. The van der Waals surface area contributed by atoms with Crippen LogP contribution in [-0.2, 0) is 0 Å². The third kappa shape index (κ3) is 2.60. The maximum Gasteiger partial charge on any atom is 0.147 e. The molecule has 0 aliphatic carbocycles. The number of nitrogens with zero attached hydrogens (tertiary/aromatic N) is 2. The van der Waals surface area contributed by atoms with Crippen LogP contribution in [0.1, 0.15) is 13.8 Å². The fourth-order valence-corrected chi connectivity index (χ4v) is 2.45. The molecule has 2 aromatic rings. The summed E-state index contributed by atoms with van der Waals surface area (Å²) in [5.74, 6) is 0.488. The number of anilines is 2. The van der Waals surface area contributed by atoms with Gasteiger partial charge in [-0.1, -0.05) is 0 Å². The average Bonchev–Trinajstić information content (AvgIpc) is 2.71. The molecule has 0 aromatic carbocycles. The third-order valence-corrected chi connectivity index (χ3v) is 3.31. The number of aliphatic hydroxyl groups is 1. The van der Waals surface area contributed by atoms with E-state index in [0.717, 1.165) is 16.1 Å². The quantitative estimate of drug-likeness (QED) is 0.786. The van der Waals surface area contributed by atoms with Gasteiger partial charge in [-0.3, -0.25) is 4.98 Å². The molecule has 0 amide bonds. The van der Waals surface area contributed by atoms with E-state index >= 15 is 0 Å². The summed E-state index contributed by atoms with van der Waals surface area (Å²) in [6, 6.07) is 3.77. The highest BCUT2D eigenvalue weighted by atomic mass is 32.1. The van der Waals surface area contributed by atoms with E-state index < -0.39 is 5.54 Å². The first kappa shape index (κ1) is 12.8. The standard InChI is InChI=1S/C12H16N4OS/c1-12(2,7-17)15-11-9(10(13)16-18-11)8-3-5-14-6-4-8/h3-6,15,17H,7H2,1-2H3,(H2,13,16). The van der Waals surface area contributed by atoms with Crippen LogP contribution in [0.3, 0.4) is 0 Å². The molecule has 2 heterocycles. The lowest BCUT2D eigenvalue weighted by Gasteiger charge is -2.24. The van der Waals surface area contributed by atoms with Crippen LogP contribution in [0, 0.1) is 0 Å². The van der Waals surface area contributed by atoms with E-state index in [1.165, 1.54) is 11.5 Å². The summed E-state index contributed by atoms with van der Waals surface area (Å²) >= 11 is 1.30. The summed E-state index contributed by atoms with van der Waals surface area (Å²) < 4.78 is 4.17. The predicted molar refractivity (Wildman–Crippen MR) is 74.5 cm³/mol. The lowest BCUT2D eigenvalue weighted by Crippen LogP contribution is -2.34. The van der Waals surface area contributed by atoms with Gasteiger partial charge in [0.15, 0.2) is 0 Å². The molecule has 0 atom stereocenters. The van der Waals surface area contributed by atoms with Gasteiger partial charge in [0.05, 0.1) is 17.7 Å². The van der Waals surface area contributed by atoms with Gasteiger partial charge in [-0.2, -0.15) is 4.37 Å². The summed E-state index contributed by atoms with van der Waals surface area (Å²) in [5, 5.41) is 13.4. The molecule has 0 bridgehead atoms. The zero-order valence-corrected chi connectivity index (χ0v) is 11.2. The highest BCUT2D eigenvalue weighted by Crippen LogP contribution is 2.37. The third-order valence-electron chi connectivity index (χ3n) is 2.53. The molecular formula is C12H16N4OS. The predicted octanol–water partition coefficient (Wildman–Crippen LogP) is 1.97. The van der Waals surface area contributed by atoms with Crippen molar-refractivity contribution in [2.75, 3.05) is 17.7 Å². The van der Waals surface area contributed by atoms with Gasteiger partial charge in [0, 0.05) is 12.4 Å². The highest BCUT2D eigenvalue weighted by molar-refractivity contribution is 7.11. The Labute approximate surface area is 110 Å². The number of rotatable bonds is 4. The molecule has 0 saturated carbocycles. The molecule has 96 valence electrons. The Morgan fingerprint density at radius 1 is 1.39 bits per heavy atom. The number of hydrogen-bond acceptors (Lipinski definition) is 6. The topological polar surface area (TPSA) is 84.1 Å². The summed E-state index contributed by atoms with van der Waals surface area (Å²) in [6.07, 6.45) is 3.43. The summed E-state index contributed by atoms with van der Waals surface area (Å²) in [5.41, 5.74) is 7.32. The number of hydrogen-bond donors (Lipinski definition) is 3. The lowest BCUT2D eigenvalue weighted by molar-refractivity contribution is 0.234. The molecule has 2 rings (SSSR count). The van der Waals surface area contributed by atoms with Gasteiger partial charge in [-0.25, -0.2) is 0 Å². The lowest BCUT2D eigenvalue weighted by atomic mass is 10.1. The molecule has 0 unspecified atom stereocenters. The smallest absolute Gasteiger partial charge is 0.147 e. The summed E-state index contributed by atoms with van der Waals surface area (Å²) in [7, 11) is 0. The highest BCUT2D eigenvalue weighted by Gasteiger charge is 2.21. The Bertz CT molecular complexity index is 524. The second kappa shape index (κ2) is 4.91. The van der Waals surface area contributed by atoms with Crippen LogP contribution in [0.5, 0.6) is 0 Å². The Kier molecular flexibility index (Phi) is 3.49. The van der Waals surface area contributed by atoms with E-state index in [4.69, 9.17) is 5.73 Å². The molecule has 0 aliphatic heterocycles. The number of nitrogens with one attached hydrogen (secondary N) is 1. The first-order chi connectivity index (χ1) is 8.53. The van der Waals surface area contributed by atoms with Crippen molar-refractivity contribution in [2.24, 2.45) is 0 Å². The van der Waals surface area contributed by atoms with Crippen molar-refractivity contribution in [3.05, 3.63) is 24.5 Å². The van der Waals surface area contributed by atoms with Crippen LogP contribution in [0.2, 0.25) is 0 Å². The van der Waals surface area contributed by atoms with Gasteiger partial charge in [-0.05, 0) is 43.1 Å². The molecule has 0 fully saturated rings. The maximum atomic E-state index is 9.30. The zero-order valence-electron chi connectivity index (χ0n) is 10.3. The van der Waals surface area contributed by atoms with Crippen LogP contribution in [0.25, 0.3) is 11.1 Å². The van der Waals surface area contributed by atoms with Crippen LogP contribution in [-0.4, -0.2) is 26.6 Å². The van der Waals surface area contributed by atoms with E-state index in [1.807, 2.05) is 26.0 Å². The molecular weight excluding hydrogens is 248 g/mol. The zero-order chi connectivity index (χ0) is 13.2. The second-order valence-corrected chi connectivity index (χ2v) is 5.45. The number of aliphatic hydroxyl groups excluding tert-OH is 1. The van der Waals surface area contributed by atoms with Crippen molar-refractivity contribution in [1.29, 1.82) is 0 Å². The molecule has 0 aliphatic rings. The van der Waals surface area contributed by atoms with Gasteiger partial charge in [0.1, 0.15) is 10.8 Å². The summed E-state index contributed by atoms with van der Waals surface area (Å²) in [4.78, 5) is 3.99. The Balaban J connectivity index is 2.40. The van der Waals surface area contributed by atoms with E-state index in [-0.39, 0.29) is 6.61 Å². The van der Waals surface area contributed by atoms with Crippen molar-refractivity contribution >= 4 is 22.4 Å². The monoisotopic (exact) mass is 264 g/mol. The van der Waals surface area contributed by atoms with Crippen molar-refractivity contribution in [2.45, 2.75) is 19.4 Å². The molecule has 2 aromatic heterocycles. The molecule has 0 radical (unpaired) electrons. The summed E-state index contributed by atoms with van der Waals surface area (Å²) in [6.45, 7) is 3.86. The Hall–Kier alpha value is -1.66. The Morgan fingerprint density at radius 2 is 2.06 bits per heavy atom. The van der Waals surface area contributed by atoms with Crippen molar-refractivity contribution in [3.8, 4) is 11.1 Å². The fraction of sp³-hybridized carbons (Fsp3) is 0.333. The normalized spacial score (nSPS) is 11.5. The molecule has 5 nitrogen and oxygen atoms in total. The maximum absolute atomic E-state index is 9.30. The minimum absolute atomic E-state index is 0.0284. The minimum atomic E-state index is -0.416. The van der Waals surface area contributed by atoms with E-state index in [9.17, 15) is 5.11 Å². The molecule has 0 saturated heterocycles. The second-order valence-electron chi connectivity index (χ2n) is 4.67. The van der Waals surface area contributed by atoms with E-state index in [1.54, 1.807) is 12.4 Å². The molecule has 0 spiro atoms. The van der Waals surface area contributed by atoms with E-state index in [2.05, 4.69) is 14.7 Å². The van der Waals surface area contributed by atoms with Crippen LogP contribution in [0.15, 0.2) is 24.5 Å². The van der Waals surface area contributed by atoms with Gasteiger partial charge in [0.25, 0.3) is 0 Å². The van der Waals surface area contributed by atoms with E-state index in [0.29, 0.717) is 5.82 Å². The number of nitrogen functional groups attached to an aromatic ring is 1. The van der Waals surface area contributed by atoms with Gasteiger partial charge < -0.3 is 16.2 Å². The first-order valence-electron chi connectivity index (χ1n) is 5.58. The first-order valence-corrected chi connectivity index (χ1v) is 6.35. The van der Waals surface area contributed by atoms with Crippen LogP contribution in [0.4, 0.5) is 10.8 Å². The average molecular weight is 264 g/mol. The van der Waals surface area contributed by atoms with Crippen LogP contribution >= 0.6 is 11.5 Å². The largest absolute Gasteiger partial charge is 0.394 e. The van der Waals surface area contributed by atoms with Gasteiger partial charge in [0.2, 0.25) is 0 Å². The van der Waals surface area contributed by atoms with Crippen molar-refractivity contribution in [3.63, 3.8) is 0 Å².